The van der Waals surface area contributed by atoms with Gasteiger partial charge >= 0.3 is 6.92 Å². The van der Waals surface area contributed by atoms with Crippen LogP contribution in [0.5, 0.6) is 5.75 Å². The fourth-order valence-electron chi connectivity index (χ4n) is 2.48. The number of para-hydroxylation sites is 1. The summed E-state index contributed by atoms with van der Waals surface area (Å²) in [5.74, 6) is 0.820. The van der Waals surface area contributed by atoms with E-state index in [2.05, 4.69) is 50.8 Å². The summed E-state index contributed by atoms with van der Waals surface area (Å²) in [6.45, 7) is -0.0925. The molecule has 0 aliphatic heterocycles. The Bertz CT molecular complexity index is 835. The minimum absolute atomic E-state index is 0.0925. The summed E-state index contributed by atoms with van der Waals surface area (Å²) in [5, 5.41) is 9.54. The Morgan fingerprint density at radius 3 is 2.27 bits per heavy atom. The van der Waals surface area contributed by atoms with Gasteiger partial charge in [0.1, 0.15) is 11.3 Å². The molecule has 0 N–H and O–H groups in total. The average Bonchev–Trinajstić information content (AvgIpc) is 3.26. The number of hydrogen-bond acceptors (Lipinski definition) is 4. The molecule has 5 heteroatoms. The van der Waals surface area contributed by atoms with E-state index in [4.69, 9.17) is 4.65 Å². The Morgan fingerprint density at radius 2 is 1.59 bits per heavy atom. The highest BCUT2D eigenvalue weighted by Crippen LogP contribution is 2.23. The van der Waals surface area contributed by atoms with E-state index in [1.165, 1.54) is 10.9 Å². The molecule has 3 aromatic heterocycles. The summed E-state index contributed by atoms with van der Waals surface area (Å²) in [4.78, 5) is 4.48. The number of pyridine rings is 1. The first kappa shape index (κ1) is 13.6. The second kappa shape index (κ2) is 5.95. The molecule has 1 aromatic carbocycles. The van der Waals surface area contributed by atoms with Gasteiger partial charge in [-0.3, -0.25) is 4.98 Å². The zero-order valence-corrected chi connectivity index (χ0v) is 13.3. The van der Waals surface area contributed by atoms with E-state index < -0.39 is 0 Å². The Labute approximate surface area is 137 Å². The third-order valence-corrected chi connectivity index (χ3v) is 4.94. The lowest BCUT2D eigenvalue weighted by Gasteiger charge is -2.15. The van der Waals surface area contributed by atoms with Crippen molar-refractivity contribution in [3.8, 4) is 5.75 Å². The number of hydrogen-bond donors (Lipinski definition) is 0. The number of benzene rings is 1. The van der Waals surface area contributed by atoms with E-state index >= 15 is 0 Å². The van der Waals surface area contributed by atoms with Crippen LogP contribution >= 0.6 is 22.7 Å². The molecular formula is C17H12BNOS2. The maximum Gasteiger partial charge on any atom is 0.428 e. The van der Waals surface area contributed by atoms with Crippen LogP contribution in [0.1, 0.15) is 0 Å². The van der Waals surface area contributed by atoms with Gasteiger partial charge in [0.25, 0.3) is 0 Å². The molecule has 0 aliphatic rings. The first-order valence-corrected chi connectivity index (χ1v) is 8.85. The summed E-state index contributed by atoms with van der Waals surface area (Å²) < 4.78 is 6.37. The number of thiophene rings is 2. The molecule has 2 nitrogen and oxygen atoms in total. The predicted molar refractivity (Wildman–Crippen MR) is 96.0 cm³/mol. The highest BCUT2D eigenvalue weighted by atomic mass is 32.1. The van der Waals surface area contributed by atoms with Crippen LogP contribution in [0.4, 0.5) is 0 Å². The average molecular weight is 321 g/mol. The van der Waals surface area contributed by atoms with Crippen molar-refractivity contribution in [2.45, 2.75) is 0 Å². The molecule has 4 aromatic rings. The van der Waals surface area contributed by atoms with Gasteiger partial charge in [-0.2, -0.15) is 22.7 Å². The molecule has 0 bridgehead atoms. The van der Waals surface area contributed by atoms with Gasteiger partial charge in [-0.25, -0.2) is 0 Å². The standard InChI is InChI=1S/C17H12BNOS2/c1-3-13-4-2-8-19-17(13)16(5-1)20-18(14-6-9-21-11-14)15-7-10-22-12-15/h1-12H. The van der Waals surface area contributed by atoms with Crippen molar-refractivity contribution in [2.24, 2.45) is 0 Å². The van der Waals surface area contributed by atoms with E-state index in [1.807, 2.05) is 18.2 Å². The van der Waals surface area contributed by atoms with Gasteiger partial charge in [0.15, 0.2) is 0 Å². The second-order valence-corrected chi connectivity index (χ2v) is 6.50. The molecule has 0 atom stereocenters. The van der Waals surface area contributed by atoms with Gasteiger partial charge in [-0.05, 0) is 44.6 Å². The molecule has 22 heavy (non-hydrogen) atoms. The highest BCUT2D eigenvalue weighted by molar-refractivity contribution is 7.11. The summed E-state index contributed by atoms with van der Waals surface area (Å²) in [7, 11) is 0. The Balaban J connectivity index is 1.78. The lowest BCUT2D eigenvalue weighted by atomic mass is 9.57. The van der Waals surface area contributed by atoms with Crippen LogP contribution < -0.4 is 15.6 Å². The van der Waals surface area contributed by atoms with E-state index in [9.17, 15) is 0 Å². The topological polar surface area (TPSA) is 22.1 Å². The van der Waals surface area contributed by atoms with Crippen molar-refractivity contribution < 1.29 is 4.65 Å². The lowest BCUT2D eigenvalue weighted by Crippen LogP contribution is -2.46. The minimum Gasteiger partial charge on any atom is -0.550 e. The number of nitrogens with zero attached hydrogens (tertiary/aromatic N) is 1. The van der Waals surface area contributed by atoms with Gasteiger partial charge in [0, 0.05) is 11.6 Å². The molecule has 0 unspecified atom stereocenters. The molecule has 3 heterocycles. The van der Waals surface area contributed by atoms with E-state index in [-0.39, 0.29) is 6.92 Å². The van der Waals surface area contributed by atoms with Crippen molar-refractivity contribution in [3.63, 3.8) is 0 Å². The minimum atomic E-state index is -0.0925. The smallest absolute Gasteiger partial charge is 0.428 e. The predicted octanol–water partition coefficient (Wildman–Crippen LogP) is 3.54. The third-order valence-electron chi connectivity index (χ3n) is 3.53. The first-order chi connectivity index (χ1) is 10.9. The fraction of sp³-hybridized carbons (Fsp3) is 0. The van der Waals surface area contributed by atoms with Crippen LogP contribution in [0.15, 0.2) is 70.2 Å². The molecule has 0 saturated heterocycles. The van der Waals surface area contributed by atoms with Crippen LogP contribution in [0.3, 0.4) is 0 Å². The van der Waals surface area contributed by atoms with Crippen LogP contribution in [0, 0.1) is 0 Å². The fourth-order valence-corrected chi connectivity index (χ4v) is 3.82. The number of aromatic nitrogens is 1. The molecule has 0 spiro atoms. The second-order valence-electron chi connectivity index (χ2n) is 4.94. The molecule has 4 rings (SSSR count). The molecule has 0 amide bonds. The Kier molecular flexibility index (Phi) is 3.66. The molecule has 106 valence electrons. The molecular weight excluding hydrogens is 309 g/mol. The molecule has 0 aliphatic carbocycles. The lowest BCUT2D eigenvalue weighted by molar-refractivity contribution is 0.597. The van der Waals surface area contributed by atoms with Crippen molar-refractivity contribution in [3.05, 3.63) is 70.2 Å². The summed E-state index contributed by atoms with van der Waals surface area (Å²) >= 11 is 3.37. The normalized spacial score (nSPS) is 10.7. The summed E-state index contributed by atoms with van der Waals surface area (Å²) in [6, 6.07) is 14.3. The van der Waals surface area contributed by atoms with Crippen LogP contribution in [0.2, 0.25) is 0 Å². The van der Waals surface area contributed by atoms with Crippen molar-refractivity contribution in [1.29, 1.82) is 0 Å². The van der Waals surface area contributed by atoms with Crippen LogP contribution in [-0.4, -0.2) is 11.9 Å². The van der Waals surface area contributed by atoms with Crippen molar-refractivity contribution >= 4 is 51.4 Å². The number of rotatable bonds is 4. The maximum atomic E-state index is 6.37. The highest BCUT2D eigenvalue weighted by Gasteiger charge is 2.25. The zero-order chi connectivity index (χ0) is 14.8. The van der Waals surface area contributed by atoms with Gasteiger partial charge in [0.05, 0.1) is 0 Å². The molecule has 0 radical (unpaired) electrons. The summed E-state index contributed by atoms with van der Waals surface area (Å²) in [5.41, 5.74) is 3.26. The third kappa shape index (κ3) is 2.53. The molecule has 0 saturated carbocycles. The number of fused-ring (bicyclic) bond motifs is 1. The summed E-state index contributed by atoms with van der Waals surface area (Å²) in [6.07, 6.45) is 1.80. The van der Waals surface area contributed by atoms with E-state index in [0.717, 1.165) is 16.7 Å². The van der Waals surface area contributed by atoms with Gasteiger partial charge < -0.3 is 4.65 Å². The van der Waals surface area contributed by atoms with Crippen molar-refractivity contribution in [1.82, 2.24) is 4.98 Å². The van der Waals surface area contributed by atoms with Crippen LogP contribution in [-0.2, 0) is 0 Å². The Morgan fingerprint density at radius 1 is 0.864 bits per heavy atom. The quantitative estimate of drug-likeness (QED) is 0.536. The SMILES string of the molecule is c1cnc2c(OB(c3ccsc3)c3ccsc3)cccc2c1. The first-order valence-electron chi connectivity index (χ1n) is 6.96. The van der Waals surface area contributed by atoms with E-state index in [1.54, 1.807) is 28.9 Å². The van der Waals surface area contributed by atoms with Gasteiger partial charge in [0.2, 0.25) is 0 Å². The van der Waals surface area contributed by atoms with E-state index in [0.29, 0.717) is 0 Å². The van der Waals surface area contributed by atoms with Gasteiger partial charge in [-0.1, -0.05) is 30.3 Å². The van der Waals surface area contributed by atoms with Crippen LogP contribution in [0.25, 0.3) is 10.9 Å². The monoisotopic (exact) mass is 321 g/mol. The maximum absolute atomic E-state index is 6.37. The molecule has 0 fully saturated rings. The Hall–Kier alpha value is -2.11. The largest absolute Gasteiger partial charge is 0.550 e. The van der Waals surface area contributed by atoms with Crippen molar-refractivity contribution in [2.75, 3.05) is 0 Å². The van der Waals surface area contributed by atoms with Gasteiger partial charge in [-0.15, -0.1) is 0 Å². The zero-order valence-electron chi connectivity index (χ0n) is 11.7.